The fourth-order valence-electron chi connectivity index (χ4n) is 3.01. The molecule has 1 fully saturated rings. The van der Waals surface area contributed by atoms with Crippen molar-refractivity contribution in [3.63, 3.8) is 0 Å². The topological polar surface area (TPSA) is 47.0 Å². The molecule has 0 saturated carbocycles. The number of phenols is 1. The SMILES string of the molecule is CN1CCN(CC(=O)N(Cc2ccc(O)cc2)c2ccc(F)cc2)CC1. The number of likely N-dealkylation sites (N-methyl/N-ethyl adjacent to an activating group) is 1. The van der Waals surface area contributed by atoms with E-state index in [0.717, 1.165) is 31.7 Å². The molecule has 3 rings (SSSR count). The minimum atomic E-state index is -0.329. The fraction of sp³-hybridized carbons (Fsp3) is 0.350. The van der Waals surface area contributed by atoms with Crippen LogP contribution in [0.2, 0.25) is 0 Å². The quantitative estimate of drug-likeness (QED) is 0.892. The lowest BCUT2D eigenvalue weighted by atomic mass is 10.1. The highest BCUT2D eigenvalue weighted by molar-refractivity contribution is 5.94. The zero-order valence-electron chi connectivity index (χ0n) is 14.9. The molecule has 26 heavy (non-hydrogen) atoms. The van der Waals surface area contributed by atoms with E-state index in [0.29, 0.717) is 18.8 Å². The van der Waals surface area contributed by atoms with E-state index < -0.39 is 0 Å². The first kappa shape index (κ1) is 18.4. The smallest absolute Gasteiger partial charge is 0.241 e. The van der Waals surface area contributed by atoms with Crippen molar-refractivity contribution in [1.29, 1.82) is 0 Å². The van der Waals surface area contributed by atoms with Crippen molar-refractivity contribution in [3.05, 3.63) is 59.9 Å². The van der Waals surface area contributed by atoms with Crippen molar-refractivity contribution in [1.82, 2.24) is 9.80 Å². The van der Waals surface area contributed by atoms with Gasteiger partial charge in [-0.15, -0.1) is 0 Å². The Kier molecular flexibility index (Phi) is 5.85. The van der Waals surface area contributed by atoms with Crippen LogP contribution in [0.4, 0.5) is 10.1 Å². The van der Waals surface area contributed by atoms with Crippen molar-refractivity contribution < 1.29 is 14.3 Å². The summed E-state index contributed by atoms with van der Waals surface area (Å²) in [6, 6.07) is 12.7. The van der Waals surface area contributed by atoms with E-state index in [1.54, 1.807) is 41.3 Å². The monoisotopic (exact) mass is 357 g/mol. The zero-order valence-corrected chi connectivity index (χ0v) is 14.9. The lowest BCUT2D eigenvalue weighted by Crippen LogP contribution is -2.48. The average Bonchev–Trinajstić information content (AvgIpc) is 2.64. The Morgan fingerprint density at radius 2 is 1.65 bits per heavy atom. The molecule has 0 radical (unpaired) electrons. The largest absolute Gasteiger partial charge is 0.508 e. The van der Waals surface area contributed by atoms with Crippen molar-refractivity contribution >= 4 is 11.6 Å². The van der Waals surface area contributed by atoms with Crippen LogP contribution in [0.5, 0.6) is 5.75 Å². The molecule has 0 bridgehead atoms. The molecule has 1 amide bonds. The van der Waals surface area contributed by atoms with Gasteiger partial charge in [0, 0.05) is 31.9 Å². The predicted octanol–water partition coefficient (Wildman–Crippen LogP) is 2.31. The average molecular weight is 357 g/mol. The summed E-state index contributed by atoms with van der Waals surface area (Å²) >= 11 is 0. The van der Waals surface area contributed by atoms with Crippen molar-refractivity contribution in [2.75, 3.05) is 44.7 Å². The maximum absolute atomic E-state index is 13.3. The van der Waals surface area contributed by atoms with Crippen molar-refractivity contribution in [2.24, 2.45) is 0 Å². The summed E-state index contributed by atoms with van der Waals surface area (Å²) in [5, 5.41) is 9.45. The van der Waals surface area contributed by atoms with Gasteiger partial charge in [0.1, 0.15) is 11.6 Å². The molecule has 1 aliphatic rings. The standard InChI is InChI=1S/C20H24FN3O2/c1-22-10-12-23(13-11-22)15-20(26)24(18-6-4-17(21)5-7-18)14-16-2-8-19(25)9-3-16/h2-9,25H,10-15H2,1H3. The number of aromatic hydroxyl groups is 1. The number of nitrogens with zero attached hydrogens (tertiary/aromatic N) is 3. The minimum absolute atomic E-state index is 0.0192. The molecule has 0 unspecified atom stereocenters. The first-order valence-electron chi connectivity index (χ1n) is 8.76. The molecular weight excluding hydrogens is 333 g/mol. The maximum atomic E-state index is 13.3. The van der Waals surface area contributed by atoms with Crippen LogP contribution in [0.25, 0.3) is 0 Å². The molecule has 0 aliphatic carbocycles. The lowest BCUT2D eigenvalue weighted by molar-refractivity contribution is -0.120. The highest BCUT2D eigenvalue weighted by atomic mass is 19.1. The third kappa shape index (κ3) is 4.80. The molecule has 0 aromatic heterocycles. The van der Waals surface area contributed by atoms with Gasteiger partial charge in [0.2, 0.25) is 5.91 Å². The van der Waals surface area contributed by atoms with E-state index in [4.69, 9.17) is 0 Å². The van der Waals surface area contributed by atoms with E-state index in [1.807, 2.05) is 0 Å². The Labute approximate surface area is 153 Å². The van der Waals surface area contributed by atoms with Crippen molar-refractivity contribution in [3.8, 4) is 5.75 Å². The van der Waals surface area contributed by atoms with Gasteiger partial charge in [0.05, 0.1) is 13.1 Å². The Bertz CT molecular complexity index is 726. The molecule has 1 N–H and O–H groups in total. The van der Waals surface area contributed by atoms with Crippen molar-refractivity contribution in [2.45, 2.75) is 6.54 Å². The van der Waals surface area contributed by atoms with Gasteiger partial charge < -0.3 is 14.9 Å². The minimum Gasteiger partial charge on any atom is -0.508 e. The number of phenolic OH excluding ortho intramolecular Hbond substituents is 1. The van der Waals surface area contributed by atoms with E-state index in [9.17, 15) is 14.3 Å². The van der Waals surface area contributed by atoms with Gasteiger partial charge in [0.15, 0.2) is 0 Å². The van der Waals surface area contributed by atoms with Gasteiger partial charge in [0.25, 0.3) is 0 Å². The summed E-state index contributed by atoms with van der Waals surface area (Å²) in [5.74, 6) is -0.162. The van der Waals surface area contributed by atoms with Gasteiger partial charge in [-0.1, -0.05) is 12.1 Å². The highest BCUT2D eigenvalue weighted by Gasteiger charge is 2.22. The van der Waals surface area contributed by atoms with Crippen LogP contribution < -0.4 is 4.90 Å². The second-order valence-electron chi connectivity index (χ2n) is 6.70. The van der Waals surface area contributed by atoms with Crippen LogP contribution in [0.3, 0.4) is 0 Å². The number of benzene rings is 2. The number of rotatable bonds is 5. The van der Waals surface area contributed by atoms with Gasteiger partial charge in [-0.25, -0.2) is 4.39 Å². The molecule has 1 saturated heterocycles. The van der Waals surface area contributed by atoms with E-state index in [-0.39, 0.29) is 17.5 Å². The zero-order chi connectivity index (χ0) is 18.5. The number of halogens is 1. The summed E-state index contributed by atoms with van der Waals surface area (Å²) < 4.78 is 13.3. The van der Waals surface area contributed by atoms with Crippen LogP contribution in [-0.4, -0.2) is 60.6 Å². The van der Waals surface area contributed by atoms with E-state index >= 15 is 0 Å². The van der Waals surface area contributed by atoms with Crippen LogP contribution in [0.1, 0.15) is 5.56 Å². The molecule has 6 heteroatoms. The maximum Gasteiger partial charge on any atom is 0.241 e. The number of carbonyl (C=O) groups excluding carboxylic acids is 1. The Balaban J connectivity index is 1.76. The van der Waals surface area contributed by atoms with Crippen LogP contribution in [0, 0.1) is 5.82 Å². The van der Waals surface area contributed by atoms with Gasteiger partial charge in [-0.05, 0) is 49.0 Å². The summed E-state index contributed by atoms with van der Waals surface area (Å²) in [7, 11) is 2.08. The number of hydrogen-bond donors (Lipinski definition) is 1. The molecule has 138 valence electrons. The number of piperazine rings is 1. The van der Waals surface area contributed by atoms with E-state index in [2.05, 4.69) is 16.8 Å². The molecule has 2 aromatic carbocycles. The molecule has 0 spiro atoms. The molecule has 2 aromatic rings. The van der Waals surface area contributed by atoms with Crippen LogP contribution in [-0.2, 0) is 11.3 Å². The molecule has 0 atom stereocenters. The fourth-order valence-corrected chi connectivity index (χ4v) is 3.01. The first-order chi connectivity index (χ1) is 12.5. The van der Waals surface area contributed by atoms with Crippen LogP contribution in [0.15, 0.2) is 48.5 Å². The van der Waals surface area contributed by atoms with E-state index in [1.165, 1.54) is 12.1 Å². The third-order valence-corrected chi connectivity index (χ3v) is 4.67. The van der Waals surface area contributed by atoms with Gasteiger partial charge >= 0.3 is 0 Å². The number of anilines is 1. The second-order valence-corrected chi connectivity index (χ2v) is 6.70. The molecule has 1 aliphatic heterocycles. The number of amides is 1. The summed E-state index contributed by atoms with van der Waals surface area (Å²) in [6.45, 7) is 4.32. The third-order valence-electron chi connectivity index (χ3n) is 4.67. The first-order valence-corrected chi connectivity index (χ1v) is 8.76. The Hall–Kier alpha value is -2.44. The van der Waals surface area contributed by atoms with Gasteiger partial charge in [-0.2, -0.15) is 0 Å². The number of hydrogen-bond acceptors (Lipinski definition) is 4. The number of carbonyl (C=O) groups is 1. The summed E-state index contributed by atoms with van der Waals surface area (Å²) in [5.41, 5.74) is 1.57. The predicted molar refractivity (Wildman–Crippen MR) is 99.6 cm³/mol. The van der Waals surface area contributed by atoms with Crippen LogP contribution >= 0.6 is 0 Å². The molecule has 1 heterocycles. The Morgan fingerprint density at radius 1 is 1.04 bits per heavy atom. The Morgan fingerprint density at radius 3 is 2.27 bits per heavy atom. The lowest BCUT2D eigenvalue weighted by Gasteiger charge is -2.33. The second kappa shape index (κ2) is 8.29. The molecular formula is C20H24FN3O2. The summed E-state index contributed by atoms with van der Waals surface area (Å²) in [6.07, 6.45) is 0. The highest BCUT2D eigenvalue weighted by Crippen LogP contribution is 2.20. The normalized spacial score (nSPS) is 15.8. The van der Waals surface area contributed by atoms with Gasteiger partial charge in [-0.3, -0.25) is 9.69 Å². The summed E-state index contributed by atoms with van der Waals surface area (Å²) in [4.78, 5) is 19.0. The molecule has 5 nitrogen and oxygen atoms in total.